The van der Waals surface area contributed by atoms with Crippen LogP contribution in [0.25, 0.3) is 0 Å². The van der Waals surface area contributed by atoms with Gasteiger partial charge in [-0.15, -0.1) is 0 Å². The Labute approximate surface area is 115 Å². The number of benzene rings is 1. The number of nitrogens with one attached hydrogen (secondary N) is 1. The number of rotatable bonds is 8. The summed E-state index contributed by atoms with van der Waals surface area (Å²) in [7, 11) is 4.08. The molecule has 0 saturated heterocycles. The van der Waals surface area contributed by atoms with Crippen LogP contribution in [0.15, 0.2) is 30.3 Å². The molecule has 1 rings (SSSR count). The first-order chi connectivity index (χ1) is 9.15. The third kappa shape index (κ3) is 5.85. The van der Waals surface area contributed by atoms with Crippen LogP contribution in [0, 0.1) is 0 Å². The maximum atomic E-state index is 12.0. The molecular formula is C15H24N2O2. The topological polar surface area (TPSA) is 41.6 Å². The number of hydrogen-bond acceptors (Lipinski definition) is 4. The minimum atomic E-state index is -0.372. The molecule has 1 aromatic rings. The Morgan fingerprint density at radius 3 is 2.58 bits per heavy atom. The summed E-state index contributed by atoms with van der Waals surface area (Å²) in [6.45, 7) is 4.02. The molecule has 0 saturated carbocycles. The highest BCUT2D eigenvalue weighted by Crippen LogP contribution is 2.14. The maximum Gasteiger partial charge on any atom is 0.327 e. The fraction of sp³-hybridized carbons (Fsp3) is 0.533. The number of hydrogen-bond donors (Lipinski definition) is 1. The minimum absolute atomic E-state index is 0.210. The van der Waals surface area contributed by atoms with Crippen LogP contribution in [0.3, 0.4) is 0 Å². The Bertz CT molecular complexity index is 366. The van der Waals surface area contributed by atoms with Crippen LogP contribution in [-0.4, -0.2) is 44.7 Å². The molecule has 0 aliphatic heterocycles. The number of carbonyl (C=O) groups is 1. The van der Waals surface area contributed by atoms with E-state index in [1.165, 1.54) is 0 Å². The predicted molar refractivity (Wildman–Crippen MR) is 77.0 cm³/mol. The van der Waals surface area contributed by atoms with Gasteiger partial charge in [-0.2, -0.15) is 0 Å². The Balaban J connectivity index is 2.58. The molecule has 0 aromatic heterocycles. The van der Waals surface area contributed by atoms with Gasteiger partial charge in [0.15, 0.2) is 0 Å². The third-order valence-corrected chi connectivity index (χ3v) is 2.79. The summed E-state index contributed by atoms with van der Waals surface area (Å²) in [6, 6.07) is 9.33. The van der Waals surface area contributed by atoms with Gasteiger partial charge in [0.05, 0.1) is 6.61 Å². The normalized spacial score (nSPS) is 12.4. The third-order valence-electron chi connectivity index (χ3n) is 2.79. The van der Waals surface area contributed by atoms with Gasteiger partial charge in [-0.3, -0.25) is 0 Å². The molecular weight excluding hydrogens is 240 g/mol. The van der Waals surface area contributed by atoms with Crippen molar-refractivity contribution in [1.29, 1.82) is 0 Å². The van der Waals surface area contributed by atoms with Crippen molar-refractivity contribution in [3.8, 4) is 0 Å². The van der Waals surface area contributed by atoms with Crippen molar-refractivity contribution in [2.75, 3.05) is 33.8 Å². The second-order valence-electron chi connectivity index (χ2n) is 4.71. The lowest BCUT2D eigenvalue weighted by molar-refractivity contribution is -0.145. The van der Waals surface area contributed by atoms with E-state index < -0.39 is 0 Å². The van der Waals surface area contributed by atoms with E-state index in [0.29, 0.717) is 6.61 Å². The monoisotopic (exact) mass is 264 g/mol. The summed E-state index contributed by atoms with van der Waals surface area (Å²) in [5, 5.41) is 3.27. The average molecular weight is 264 g/mol. The summed E-state index contributed by atoms with van der Waals surface area (Å²) in [5.41, 5.74) is 0.950. The Kier molecular flexibility index (Phi) is 7.15. The van der Waals surface area contributed by atoms with Crippen LogP contribution < -0.4 is 5.32 Å². The molecule has 0 aliphatic rings. The van der Waals surface area contributed by atoms with Crippen molar-refractivity contribution in [3.05, 3.63) is 35.9 Å². The number of ether oxygens (including phenoxy) is 1. The highest BCUT2D eigenvalue weighted by atomic mass is 16.5. The van der Waals surface area contributed by atoms with Gasteiger partial charge >= 0.3 is 5.97 Å². The molecule has 1 atom stereocenters. The lowest BCUT2D eigenvalue weighted by Gasteiger charge is -2.18. The first-order valence-electron chi connectivity index (χ1n) is 6.74. The van der Waals surface area contributed by atoms with Crippen LogP contribution in [0.4, 0.5) is 0 Å². The second-order valence-corrected chi connectivity index (χ2v) is 4.71. The lowest BCUT2D eigenvalue weighted by Crippen LogP contribution is -2.32. The molecule has 106 valence electrons. The van der Waals surface area contributed by atoms with E-state index in [0.717, 1.165) is 25.1 Å². The minimum Gasteiger partial charge on any atom is -0.465 e. The van der Waals surface area contributed by atoms with Crippen molar-refractivity contribution < 1.29 is 9.53 Å². The van der Waals surface area contributed by atoms with Gasteiger partial charge in [0.1, 0.15) is 6.04 Å². The molecule has 0 amide bonds. The van der Waals surface area contributed by atoms with Gasteiger partial charge in [0.2, 0.25) is 0 Å². The second kappa shape index (κ2) is 8.67. The van der Waals surface area contributed by atoms with E-state index in [1.54, 1.807) is 0 Å². The quantitative estimate of drug-likeness (QED) is 0.574. The van der Waals surface area contributed by atoms with E-state index in [9.17, 15) is 4.79 Å². The van der Waals surface area contributed by atoms with Gasteiger partial charge in [-0.05, 0) is 46.1 Å². The number of nitrogens with zero attached hydrogens (tertiary/aromatic N) is 1. The van der Waals surface area contributed by atoms with Crippen LogP contribution in [0.2, 0.25) is 0 Å². The highest BCUT2D eigenvalue weighted by molar-refractivity contribution is 5.77. The van der Waals surface area contributed by atoms with E-state index >= 15 is 0 Å². The van der Waals surface area contributed by atoms with Crippen LogP contribution in [0.1, 0.15) is 24.9 Å². The Morgan fingerprint density at radius 1 is 1.32 bits per heavy atom. The maximum absolute atomic E-state index is 12.0. The van der Waals surface area contributed by atoms with Gasteiger partial charge < -0.3 is 15.0 Å². The van der Waals surface area contributed by atoms with Gasteiger partial charge in [-0.25, -0.2) is 4.79 Å². The fourth-order valence-electron chi connectivity index (χ4n) is 1.85. The molecule has 0 spiro atoms. The summed E-state index contributed by atoms with van der Waals surface area (Å²) < 4.78 is 5.12. The molecule has 19 heavy (non-hydrogen) atoms. The van der Waals surface area contributed by atoms with E-state index in [-0.39, 0.29) is 12.0 Å². The molecule has 1 N–H and O–H groups in total. The smallest absolute Gasteiger partial charge is 0.327 e. The number of carbonyl (C=O) groups excluding carboxylic acids is 1. The van der Waals surface area contributed by atoms with Crippen molar-refractivity contribution in [2.45, 2.75) is 19.4 Å². The van der Waals surface area contributed by atoms with Crippen LogP contribution >= 0.6 is 0 Å². The molecule has 4 heteroatoms. The standard InChI is InChI=1S/C15H24N2O2/c1-4-19-15(18)14(13-9-6-5-7-10-13)16-11-8-12-17(2)3/h5-7,9-10,14,16H,4,8,11-12H2,1-3H3. The Morgan fingerprint density at radius 2 is 2.00 bits per heavy atom. The summed E-state index contributed by atoms with van der Waals surface area (Å²) >= 11 is 0. The molecule has 0 radical (unpaired) electrons. The predicted octanol–water partition coefficient (Wildman–Crippen LogP) is 1.83. The largest absolute Gasteiger partial charge is 0.465 e. The van der Waals surface area contributed by atoms with Gasteiger partial charge in [0.25, 0.3) is 0 Å². The molecule has 0 aliphatic carbocycles. The van der Waals surface area contributed by atoms with E-state index in [1.807, 2.05) is 51.4 Å². The van der Waals surface area contributed by atoms with Crippen molar-refractivity contribution in [1.82, 2.24) is 10.2 Å². The van der Waals surface area contributed by atoms with E-state index in [2.05, 4.69) is 10.2 Å². The van der Waals surface area contributed by atoms with Gasteiger partial charge in [-0.1, -0.05) is 30.3 Å². The van der Waals surface area contributed by atoms with Crippen LogP contribution in [0.5, 0.6) is 0 Å². The Hall–Kier alpha value is -1.39. The first kappa shape index (κ1) is 15.7. The molecule has 1 unspecified atom stereocenters. The summed E-state index contributed by atoms with van der Waals surface area (Å²) in [5.74, 6) is -0.210. The molecule has 4 nitrogen and oxygen atoms in total. The van der Waals surface area contributed by atoms with Gasteiger partial charge in [0, 0.05) is 0 Å². The van der Waals surface area contributed by atoms with E-state index in [4.69, 9.17) is 4.74 Å². The summed E-state index contributed by atoms with van der Waals surface area (Å²) in [4.78, 5) is 14.1. The zero-order chi connectivity index (χ0) is 14.1. The zero-order valence-electron chi connectivity index (χ0n) is 12.1. The summed E-state index contributed by atoms with van der Waals surface area (Å²) in [6.07, 6.45) is 0.996. The SMILES string of the molecule is CCOC(=O)C(NCCCN(C)C)c1ccccc1. The van der Waals surface area contributed by atoms with Crippen molar-refractivity contribution >= 4 is 5.97 Å². The van der Waals surface area contributed by atoms with Crippen molar-refractivity contribution in [3.63, 3.8) is 0 Å². The number of esters is 1. The molecule has 0 fully saturated rings. The molecule has 0 heterocycles. The first-order valence-corrected chi connectivity index (χ1v) is 6.74. The average Bonchev–Trinajstić information content (AvgIpc) is 2.39. The molecule has 1 aromatic carbocycles. The van der Waals surface area contributed by atoms with Crippen molar-refractivity contribution in [2.24, 2.45) is 0 Å². The molecule has 0 bridgehead atoms. The lowest BCUT2D eigenvalue weighted by atomic mass is 10.1. The fourth-order valence-corrected chi connectivity index (χ4v) is 1.85. The zero-order valence-corrected chi connectivity index (χ0v) is 12.1. The van der Waals surface area contributed by atoms with Crippen LogP contribution in [-0.2, 0) is 9.53 Å². The highest BCUT2D eigenvalue weighted by Gasteiger charge is 2.20.